The Morgan fingerprint density at radius 3 is 2.75 bits per heavy atom. The molecule has 0 saturated carbocycles. The number of rotatable bonds is 2. The molecule has 0 aromatic carbocycles. The number of H-pyrrole nitrogens is 1. The van der Waals surface area contributed by atoms with E-state index in [9.17, 15) is 9.59 Å². The van der Waals surface area contributed by atoms with Gasteiger partial charge >= 0.3 is 0 Å². The molecule has 3 heterocycles. The molecular formula is C21H24N4O3. The van der Waals surface area contributed by atoms with E-state index in [0.29, 0.717) is 55.3 Å². The van der Waals surface area contributed by atoms with Crippen molar-refractivity contribution in [3.05, 3.63) is 39.3 Å². The van der Waals surface area contributed by atoms with Gasteiger partial charge in [-0.1, -0.05) is 12.2 Å². The van der Waals surface area contributed by atoms with Gasteiger partial charge in [0, 0.05) is 25.1 Å². The van der Waals surface area contributed by atoms with Crippen LogP contribution in [0.5, 0.6) is 0 Å². The number of carbonyl (C=O) groups excluding carboxylic acids is 1. The lowest BCUT2D eigenvalue weighted by molar-refractivity contribution is 0.0970. The van der Waals surface area contributed by atoms with Crippen molar-refractivity contribution in [2.24, 2.45) is 0 Å². The molecule has 5 rings (SSSR count). The van der Waals surface area contributed by atoms with E-state index in [0.717, 1.165) is 43.4 Å². The van der Waals surface area contributed by atoms with Crippen LogP contribution in [0, 0.1) is 0 Å². The van der Waals surface area contributed by atoms with Crippen molar-refractivity contribution < 1.29 is 9.53 Å². The summed E-state index contributed by atoms with van der Waals surface area (Å²) in [6.45, 7) is 2.62. The molecule has 2 aromatic rings. The van der Waals surface area contributed by atoms with E-state index in [4.69, 9.17) is 14.7 Å². The molecule has 1 aliphatic heterocycles. The van der Waals surface area contributed by atoms with Gasteiger partial charge in [-0.05, 0) is 43.6 Å². The Morgan fingerprint density at radius 2 is 1.96 bits per heavy atom. The molecule has 1 N–H and O–H groups in total. The topological polar surface area (TPSA) is 88.2 Å². The van der Waals surface area contributed by atoms with Crippen LogP contribution in [-0.2, 0) is 11.2 Å². The number of hydrogen-bond acceptors (Lipinski definition) is 6. The number of Topliss-reactive ketones (excluding diaryl/α,β-unsaturated/α-hetero) is 1. The number of anilines is 1. The summed E-state index contributed by atoms with van der Waals surface area (Å²) in [6.07, 6.45) is 9.21. The van der Waals surface area contributed by atoms with Crippen LogP contribution in [0.15, 0.2) is 16.9 Å². The standard InChI is InChI=1S/C21H24N4O3/c26-15-8-4-7-14-17(15)16(13-5-2-1-3-6-13)18-19(22-14)23-21(24-20(18)27)25-9-11-28-12-10-25/h1-2,13H,3-12H2,(H,22,23,24,27). The minimum Gasteiger partial charge on any atom is -0.378 e. The molecule has 0 amide bonds. The number of pyridine rings is 1. The Kier molecular flexibility index (Phi) is 4.47. The minimum absolute atomic E-state index is 0.122. The Bertz CT molecular complexity index is 1020. The van der Waals surface area contributed by atoms with Gasteiger partial charge in [0.2, 0.25) is 5.95 Å². The highest BCUT2D eigenvalue weighted by Gasteiger charge is 2.30. The summed E-state index contributed by atoms with van der Waals surface area (Å²) in [5.74, 6) is 0.838. The fourth-order valence-electron chi connectivity index (χ4n) is 4.66. The zero-order valence-electron chi connectivity index (χ0n) is 15.9. The lowest BCUT2D eigenvalue weighted by atomic mass is 9.79. The second-order valence-corrected chi connectivity index (χ2v) is 7.79. The van der Waals surface area contributed by atoms with Gasteiger partial charge in [0.1, 0.15) is 0 Å². The maximum atomic E-state index is 13.2. The first-order valence-corrected chi connectivity index (χ1v) is 10.2. The van der Waals surface area contributed by atoms with Gasteiger partial charge in [0.25, 0.3) is 5.56 Å². The molecule has 0 bridgehead atoms. The minimum atomic E-state index is -0.190. The van der Waals surface area contributed by atoms with Crippen molar-refractivity contribution in [1.82, 2.24) is 15.0 Å². The first kappa shape index (κ1) is 17.6. The lowest BCUT2D eigenvalue weighted by Gasteiger charge is -2.28. The van der Waals surface area contributed by atoms with Crippen molar-refractivity contribution in [1.29, 1.82) is 0 Å². The second kappa shape index (κ2) is 7.13. The molecule has 7 nitrogen and oxygen atoms in total. The van der Waals surface area contributed by atoms with E-state index in [1.807, 2.05) is 4.90 Å². The largest absolute Gasteiger partial charge is 0.378 e. The summed E-state index contributed by atoms with van der Waals surface area (Å²) in [7, 11) is 0. The van der Waals surface area contributed by atoms with Crippen LogP contribution in [0.2, 0.25) is 0 Å². The van der Waals surface area contributed by atoms with Crippen molar-refractivity contribution in [2.75, 3.05) is 31.2 Å². The number of aromatic nitrogens is 3. The van der Waals surface area contributed by atoms with Crippen molar-refractivity contribution in [2.45, 2.75) is 44.4 Å². The summed E-state index contributed by atoms with van der Waals surface area (Å²) >= 11 is 0. The van der Waals surface area contributed by atoms with Crippen LogP contribution < -0.4 is 10.5 Å². The number of carbonyl (C=O) groups is 1. The number of aromatic amines is 1. The van der Waals surface area contributed by atoms with Gasteiger partial charge in [-0.2, -0.15) is 4.98 Å². The zero-order valence-corrected chi connectivity index (χ0v) is 15.9. The molecule has 7 heteroatoms. The average Bonchev–Trinajstić information content (AvgIpc) is 2.73. The van der Waals surface area contributed by atoms with Crippen molar-refractivity contribution in [3.8, 4) is 0 Å². The Morgan fingerprint density at radius 1 is 1.11 bits per heavy atom. The molecule has 3 aliphatic rings. The highest BCUT2D eigenvalue weighted by atomic mass is 16.5. The van der Waals surface area contributed by atoms with Crippen LogP contribution in [0.4, 0.5) is 5.95 Å². The normalized spacial score (nSPS) is 22.5. The number of nitrogens with zero attached hydrogens (tertiary/aromatic N) is 3. The number of ether oxygens (including phenoxy) is 1. The van der Waals surface area contributed by atoms with E-state index in [1.165, 1.54) is 0 Å². The third-order valence-electron chi connectivity index (χ3n) is 6.04. The maximum absolute atomic E-state index is 13.2. The number of nitrogens with one attached hydrogen (secondary N) is 1. The van der Waals surface area contributed by atoms with Crippen LogP contribution >= 0.6 is 0 Å². The van der Waals surface area contributed by atoms with Gasteiger partial charge < -0.3 is 9.64 Å². The predicted molar refractivity (Wildman–Crippen MR) is 106 cm³/mol. The summed E-state index contributed by atoms with van der Waals surface area (Å²) in [4.78, 5) is 40.4. The zero-order chi connectivity index (χ0) is 19.1. The molecule has 2 aromatic heterocycles. The van der Waals surface area contributed by atoms with Gasteiger partial charge in [-0.25, -0.2) is 4.98 Å². The van der Waals surface area contributed by atoms with Gasteiger partial charge in [0.15, 0.2) is 11.4 Å². The first-order valence-electron chi connectivity index (χ1n) is 10.2. The Balaban J connectivity index is 1.74. The summed E-state index contributed by atoms with van der Waals surface area (Å²) < 4.78 is 5.40. The smallest absolute Gasteiger partial charge is 0.262 e. The molecule has 0 spiro atoms. The number of morpholine rings is 1. The van der Waals surface area contributed by atoms with Crippen LogP contribution in [0.25, 0.3) is 11.0 Å². The van der Waals surface area contributed by atoms with Gasteiger partial charge in [0.05, 0.1) is 24.3 Å². The molecule has 146 valence electrons. The molecule has 1 unspecified atom stereocenters. The molecule has 2 aliphatic carbocycles. The van der Waals surface area contributed by atoms with Crippen LogP contribution in [0.1, 0.15) is 59.6 Å². The highest BCUT2D eigenvalue weighted by molar-refractivity contribution is 6.03. The molecule has 1 atom stereocenters. The number of fused-ring (bicyclic) bond motifs is 2. The molecule has 28 heavy (non-hydrogen) atoms. The van der Waals surface area contributed by atoms with E-state index < -0.39 is 0 Å². The quantitative estimate of drug-likeness (QED) is 0.806. The Hall–Kier alpha value is -2.54. The third kappa shape index (κ3) is 2.94. The van der Waals surface area contributed by atoms with Gasteiger partial charge in [-0.3, -0.25) is 14.6 Å². The van der Waals surface area contributed by atoms with Crippen molar-refractivity contribution >= 4 is 22.8 Å². The van der Waals surface area contributed by atoms with E-state index in [2.05, 4.69) is 17.1 Å². The number of ketones is 1. The summed E-state index contributed by atoms with van der Waals surface area (Å²) in [5, 5.41) is 0.506. The maximum Gasteiger partial charge on any atom is 0.262 e. The fourth-order valence-corrected chi connectivity index (χ4v) is 4.66. The SMILES string of the molecule is O=C1CCCc2nc3nc(N4CCOCC4)[nH]c(=O)c3c(C3CC=CCC3)c21. The second-order valence-electron chi connectivity index (χ2n) is 7.79. The Labute approximate surface area is 162 Å². The first-order chi connectivity index (χ1) is 13.7. The summed E-state index contributed by atoms with van der Waals surface area (Å²) in [5.41, 5.74) is 2.69. The monoisotopic (exact) mass is 380 g/mol. The number of aryl methyl sites for hydroxylation is 1. The fraction of sp³-hybridized carbons (Fsp3) is 0.524. The third-order valence-corrected chi connectivity index (χ3v) is 6.04. The molecule has 1 saturated heterocycles. The lowest BCUT2D eigenvalue weighted by Crippen LogP contribution is -2.38. The van der Waals surface area contributed by atoms with Crippen LogP contribution in [0.3, 0.4) is 0 Å². The van der Waals surface area contributed by atoms with Gasteiger partial charge in [-0.15, -0.1) is 0 Å². The van der Waals surface area contributed by atoms with E-state index >= 15 is 0 Å². The predicted octanol–water partition coefficient (Wildman–Crippen LogP) is 2.50. The highest BCUT2D eigenvalue weighted by Crippen LogP contribution is 2.38. The van der Waals surface area contributed by atoms with E-state index in [1.54, 1.807) is 0 Å². The summed E-state index contributed by atoms with van der Waals surface area (Å²) in [6, 6.07) is 0. The average molecular weight is 380 g/mol. The molecule has 0 radical (unpaired) electrons. The number of hydrogen-bond donors (Lipinski definition) is 1. The molecule has 1 fully saturated rings. The van der Waals surface area contributed by atoms with E-state index in [-0.39, 0.29) is 17.3 Å². The van der Waals surface area contributed by atoms with Crippen molar-refractivity contribution in [3.63, 3.8) is 0 Å². The number of allylic oxidation sites excluding steroid dienone is 2. The molecular weight excluding hydrogens is 356 g/mol. The van der Waals surface area contributed by atoms with Crippen LogP contribution in [-0.4, -0.2) is 47.0 Å².